The molecule has 30 heavy (non-hydrogen) atoms. The van der Waals surface area contributed by atoms with E-state index in [4.69, 9.17) is 4.74 Å². The number of anilines is 1. The van der Waals surface area contributed by atoms with Crippen LogP contribution in [0.25, 0.3) is 5.82 Å². The predicted octanol–water partition coefficient (Wildman–Crippen LogP) is 2.22. The Hall–Kier alpha value is -3.55. The Balaban J connectivity index is 1.33. The zero-order chi connectivity index (χ0) is 20.8. The number of rotatable bonds is 6. The quantitative estimate of drug-likeness (QED) is 0.484. The van der Waals surface area contributed by atoms with Gasteiger partial charge in [0, 0.05) is 51.3 Å². The van der Waals surface area contributed by atoms with Gasteiger partial charge in [0.1, 0.15) is 17.9 Å². The lowest BCUT2D eigenvalue weighted by Gasteiger charge is -2.22. The number of benzene rings is 1. The van der Waals surface area contributed by atoms with Crippen LogP contribution < -0.4 is 20.3 Å². The smallest absolute Gasteiger partial charge is 0.191 e. The number of para-hydroxylation sites is 2. The number of pyridine rings is 1. The Morgan fingerprint density at radius 2 is 2.17 bits per heavy atom. The van der Waals surface area contributed by atoms with E-state index in [1.165, 1.54) is 0 Å². The van der Waals surface area contributed by atoms with E-state index in [0.717, 1.165) is 48.3 Å². The van der Waals surface area contributed by atoms with E-state index in [-0.39, 0.29) is 0 Å². The highest BCUT2D eigenvalue weighted by Crippen LogP contribution is 2.30. The van der Waals surface area contributed by atoms with Crippen LogP contribution in [-0.4, -0.2) is 53.8 Å². The molecule has 8 nitrogen and oxygen atoms in total. The van der Waals surface area contributed by atoms with Crippen molar-refractivity contribution in [2.24, 2.45) is 4.99 Å². The van der Waals surface area contributed by atoms with Gasteiger partial charge >= 0.3 is 0 Å². The van der Waals surface area contributed by atoms with Crippen LogP contribution in [0.2, 0.25) is 0 Å². The fourth-order valence-corrected chi connectivity index (χ4v) is 3.67. The third kappa shape index (κ3) is 4.53. The van der Waals surface area contributed by atoms with Crippen LogP contribution in [0.5, 0.6) is 5.75 Å². The Labute approximate surface area is 176 Å². The molecule has 0 bridgehead atoms. The fraction of sp³-hybridized carbons (Fsp3) is 0.318. The zero-order valence-electron chi connectivity index (χ0n) is 17.3. The van der Waals surface area contributed by atoms with Gasteiger partial charge in [-0.05, 0) is 36.2 Å². The molecule has 3 aromatic rings. The molecule has 1 aromatic carbocycles. The highest BCUT2D eigenvalue weighted by molar-refractivity contribution is 5.80. The standard InChI is InChI=1S/C22H27N7O/c1-23-22(26-14-17-7-9-25-21(13-17)29-12-10-24-16-29)27-18-8-11-28(15-18)19-5-3-4-6-20(19)30-2/h3-7,9-10,12-13,16,18H,8,11,14-15H2,1-2H3,(H2,23,26,27). The van der Waals surface area contributed by atoms with Crippen molar-refractivity contribution in [3.05, 3.63) is 66.9 Å². The first-order chi connectivity index (χ1) is 14.8. The third-order valence-electron chi connectivity index (χ3n) is 5.22. The van der Waals surface area contributed by atoms with Crippen molar-refractivity contribution in [2.75, 3.05) is 32.1 Å². The van der Waals surface area contributed by atoms with E-state index in [1.54, 1.807) is 26.7 Å². The molecule has 4 rings (SSSR count). The van der Waals surface area contributed by atoms with Gasteiger partial charge in [-0.25, -0.2) is 9.97 Å². The molecular weight excluding hydrogens is 378 g/mol. The van der Waals surface area contributed by atoms with Crippen LogP contribution in [0.4, 0.5) is 5.69 Å². The minimum absolute atomic E-state index is 0.320. The van der Waals surface area contributed by atoms with Crippen molar-refractivity contribution in [1.82, 2.24) is 25.2 Å². The van der Waals surface area contributed by atoms with Crippen LogP contribution in [-0.2, 0) is 6.54 Å². The summed E-state index contributed by atoms with van der Waals surface area (Å²) in [6.45, 7) is 2.54. The molecule has 0 amide bonds. The normalized spacial score (nSPS) is 16.5. The molecule has 0 aliphatic carbocycles. The summed E-state index contributed by atoms with van der Waals surface area (Å²) in [5, 5.41) is 6.95. The van der Waals surface area contributed by atoms with Gasteiger partial charge in [0.05, 0.1) is 12.8 Å². The molecule has 8 heteroatoms. The Morgan fingerprint density at radius 3 is 2.97 bits per heavy atom. The van der Waals surface area contributed by atoms with Gasteiger partial charge in [0.25, 0.3) is 0 Å². The lowest BCUT2D eigenvalue weighted by Crippen LogP contribution is -2.44. The van der Waals surface area contributed by atoms with Gasteiger partial charge in [0.2, 0.25) is 0 Å². The van der Waals surface area contributed by atoms with E-state index in [1.807, 2.05) is 47.3 Å². The van der Waals surface area contributed by atoms with Gasteiger partial charge in [-0.15, -0.1) is 0 Å². The predicted molar refractivity (Wildman–Crippen MR) is 118 cm³/mol. The van der Waals surface area contributed by atoms with Crippen LogP contribution in [0.3, 0.4) is 0 Å². The molecule has 0 saturated carbocycles. The van der Waals surface area contributed by atoms with Gasteiger partial charge in [0.15, 0.2) is 5.96 Å². The largest absolute Gasteiger partial charge is 0.495 e. The van der Waals surface area contributed by atoms with Crippen molar-refractivity contribution in [1.29, 1.82) is 0 Å². The number of aliphatic imine (C=N–C) groups is 1. The lowest BCUT2D eigenvalue weighted by atomic mass is 10.2. The molecule has 2 aromatic heterocycles. The summed E-state index contributed by atoms with van der Waals surface area (Å²) in [5.41, 5.74) is 2.26. The molecule has 0 radical (unpaired) electrons. The number of nitrogens with zero attached hydrogens (tertiary/aromatic N) is 5. The van der Waals surface area contributed by atoms with Crippen LogP contribution in [0, 0.1) is 0 Å². The van der Waals surface area contributed by atoms with Crippen molar-refractivity contribution in [3.63, 3.8) is 0 Å². The van der Waals surface area contributed by atoms with E-state index >= 15 is 0 Å². The second kappa shape index (κ2) is 9.30. The number of aromatic nitrogens is 3. The number of methoxy groups -OCH3 is 1. The maximum Gasteiger partial charge on any atom is 0.191 e. The second-order valence-electron chi connectivity index (χ2n) is 7.17. The van der Waals surface area contributed by atoms with Gasteiger partial charge in [-0.1, -0.05) is 12.1 Å². The molecule has 0 spiro atoms. The zero-order valence-corrected chi connectivity index (χ0v) is 17.3. The number of nitrogens with one attached hydrogen (secondary N) is 2. The van der Waals surface area contributed by atoms with Crippen molar-refractivity contribution < 1.29 is 4.74 Å². The summed E-state index contributed by atoms with van der Waals surface area (Å²) < 4.78 is 7.40. The van der Waals surface area contributed by atoms with Crippen LogP contribution >= 0.6 is 0 Å². The SMILES string of the molecule is CN=C(NCc1ccnc(-n2ccnc2)c1)NC1CCN(c2ccccc2OC)C1. The van der Waals surface area contributed by atoms with E-state index < -0.39 is 0 Å². The Kier molecular flexibility index (Phi) is 6.12. The molecule has 1 fully saturated rings. The maximum atomic E-state index is 5.51. The Bertz CT molecular complexity index is 987. The lowest BCUT2D eigenvalue weighted by molar-refractivity contribution is 0.415. The summed E-state index contributed by atoms with van der Waals surface area (Å²) in [6, 6.07) is 12.5. The fourth-order valence-electron chi connectivity index (χ4n) is 3.67. The topological polar surface area (TPSA) is 79.6 Å². The molecule has 1 atom stereocenters. The number of hydrogen-bond acceptors (Lipinski definition) is 5. The third-order valence-corrected chi connectivity index (χ3v) is 5.22. The second-order valence-corrected chi connectivity index (χ2v) is 7.17. The first-order valence-electron chi connectivity index (χ1n) is 10.0. The van der Waals surface area contributed by atoms with Crippen LogP contribution in [0.1, 0.15) is 12.0 Å². The number of guanidine groups is 1. The molecule has 1 saturated heterocycles. The average Bonchev–Trinajstić information content (AvgIpc) is 3.49. The summed E-state index contributed by atoms with van der Waals surface area (Å²) in [4.78, 5) is 15.2. The summed E-state index contributed by atoms with van der Waals surface area (Å²) in [5.74, 6) is 2.55. The molecule has 3 heterocycles. The maximum absolute atomic E-state index is 5.51. The number of ether oxygens (including phenoxy) is 1. The highest BCUT2D eigenvalue weighted by Gasteiger charge is 2.25. The minimum Gasteiger partial charge on any atom is -0.495 e. The summed E-state index contributed by atoms with van der Waals surface area (Å²) >= 11 is 0. The molecule has 1 aliphatic rings. The number of imidazole rings is 1. The Morgan fingerprint density at radius 1 is 1.27 bits per heavy atom. The van der Waals surface area contributed by atoms with E-state index in [0.29, 0.717) is 12.6 Å². The van der Waals surface area contributed by atoms with Crippen LogP contribution in [0.15, 0.2) is 66.3 Å². The molecule has 156 valence electrons. The monoisotopic (exact) mass is 405 g/mol. The van der Waals surface area contributed by atoms with Gasteiger partial charge in [-0.2, -0.15) is 0 Å². The van der Waals surface area contributed by atoms with Crippen molar-refractivity contribution in [3.8, 4) is 11.6 Å². The van der Waals surface area contributed by atoms with Crippen molar-refractivity contribution >= 4 is 11.6 Å². The molecular formula is C22H27N7O. The molecule has 2 N–H and O–H groups in total. The molecule has 1 unspecified atom stereocenters. The minimum atomic E-state index is 0.320. The van der Waals surface area contributed by atoms with Gasteiger partial charge < -0.3 is 20.3 Å². The van der Waals surface area contributed by atoms with E-state index in [2.05, 4.69) is 36.6 Å². The summed E-state index contributed by atoms with van der Waals surface area (Å²) in [7, 11) is 3.51. The highest BCUT2D eigenvalue weighted by atomic mass is 16.5. The molecule has 1 aliphatic heterocycles. The first kappa shape index (κ1) is 19.8. The average molecular weight is 406 g/mol. The summed E-state index contributed by atoms with van der Waals surface area (Å²) in [6.07, 6.45) is 8.22. The van der Waals surface area contributed by atoms with Gasteiger partial charge in [-0.3, -0.25) is 9.56 Å². The number of hydrogen-bond donors (Lipinski definition) is 2. The first-order valence-corrected chi connectivity index (χ1v) is 10.0. The van der Waals surface area contributed by atoms with E-state index in [9.17, 15) is 0 Å². The van der Waals surface area contributed by atoms with Crippen molar-refractivity contribution in [2.45, 2.75) is 19.0 Å².